The number of carbonyl (C=O) groups excluding carboxylic acids is 2. The minimum Gasteiger partial charge on any atom is -0.330 e. The van der Waals surface area contributed by atoms with Crippen LogP contribution in [0.1, 0.15) is 32.3 Å². The molecule has 0 saturated carbocycles. The van der Waals surface area contributed by atoms with E-state index in [-0.39, 0.29) is 17.5 Å². The smallest absolute Gasteiger partial charge is 0.330 e. The van der Waals surface area contributed by atoms with E-state index in [0.717, 1.165) is 12.1 Å². The Morgan fingerprint density at radius 1 is 1.33 bits per heavy atom. The van der Waals surface area contributed by atoms with E-state index in [1.807, 2.05) is 0 Å². The fraction of sp³-hybridized carbons (Fsp3) is 0.500. The molecule has 1 N–H and O–H groups in total. The van der Waals surface area contributed by atoms with Gasteiger partial charge in [-0.3, -0.25) is 9.59 Å². The number of nitrogens with one attached hydrogen (secondary N) is 1. The van der Waals surface area contributed by atoms with E-state index in [0.29, 0.717) is 19.4 Å². The van der Waals surface area contributed by atoms with Gasteiger partial charge in [0.05, 0.1) is 10.6 Å². The Labute approximate surface area is 143 Å². The maximum atomic E-state index is 12.9. The Kier molecular flexibility index (Phi) is 5.42. The molecule has 1 saturated heterocycles. The minimum atomic E-state index is -4.61. The van der Waals surface area contributed by atoms with Crippen LogP contribution in [0.4, 0.5) is 18.9 Å². The van der Waals surface area contributed by atoms with Crippen molar-refractivity contribution < 1.29 is 22.8 Å². The Morgan fingerprint density at radius 2 is 2.00 bits per heavy atom. The predicted molar refractivity (Wildman–Crippen MR) is 84.7 cm³/mol. The number of amides is 2. The van der Waals surface area contributed by atoms with Crippen molar-refractivity contribution in [3.8, 4) is 0 Å². The highest BCUT2D eigenvalue weighted by Gasteiger charge is 2.36. The zero-order valence-corrected chi connectivity index (χ0v) is 14.0. The van der Waals surface area contributed by atoms with Gasteiger partial charge in [-0.05, 0) is 30.5 Å². The summed E-state index contributed by atoms with van der Waals surface area (Å²) in [5.74, 6) is -0.784. The van der Waals surface area contributed by atoms with Crippen molar-refractivity contribution in [3.63, 3.8) is 0 Å². The molecule has 4 nitrogen and oxygen atoms in total. The summed E-state index contributed by atoms with van der Waals surface area (Å²) in [4.78, 5) is 25.9. The molecule has 1 unspecified atom stereocenters. The Bertz CT molecular complexity index is 647. The van der Waals surface area contributed by atoms with Gasteiger partial charge >= 0.3 is 6.18 Å². The average Bonchev–Trinajstić information content (AvgIpc) is 2.86. The van der Waals surface area contributed by atoms with Crippen LogP contribution in [0.2, 0.25) is 5.02 Å². The van der Waals surface area contributed by atoms with Crippen LogP contribution in [0.25, 0.3) is 0 Å². The number of alkyl halides is 3. The zero-order chi connectivity index (χ0) is 18.1. The summed E-state index contributed by atoms with van der Waals surface area (Å²) >= 11 is 5.57. The number of carbonyl (C=O) groups is 2. The molecule has 0 spiro atoms. The molecule has 1 heterocycles. The number of hydrogen-bond donors (Lipinski definition) is 1. The highest BCUT2D eigenvalue weighted by molar-refractivity contribution is 6.31. The van der Waals surface area contributed by atoms with Gasteiger partial charge in [0, 0.05) is 18.7 Å². The van der Waals surface area contributed by atoms with Crippen LogP contribution in [-0.2, 0) is 15.8 Å². The van der Waals surface area contributed by atoms with Gasteiger partial charge in [0.1, 0.15) is 6.04 Å². The maximum absolute atomic E-state index is 12.9. The van der Waals surface area contributed by atoms with Crippen LogP contribution in [0, 0.1) is 5.92 Å². The van der Waals surface area contributed by atoms with Gasteiger partial charge in [0.25, 0.3) is 0 Å². The number of benzene rings is 1. The molecular formula is C16H18ClF3N2O2. The van der Waals surface area contributed by atoms with Gasteiger partial charge in [0.15, 0.2) is 0 Å². The number of anilines is 1. The average molecular weight is 363 g/mol. The van der Waals surface area contributed by atoms with Gasteiger partial charge in [-0.25, -0.2) is 0 Å². The standard InChI is InChI=1S/C16H18ClF3N2O2/c1-9(2)14(22-7-3-4-13(22)23)15(24)21-10-5-6-12(17)11(8-10)16(18,19)20/h5-6,8-9,14H,3-4,7H2,1-2H3,(H,21,24). The van der Waals surface area contributed by atoms with Gasteiger partial charge < -0.3 is 10.2 Å². The predicted octanol–water partition coefficient (Wildman–Crippen LogP) is 3.94. The van der Waals surface area contributed by atoms with Crippen molar-refractivity contribution in [1.82, 2.24) is 4.90 Å². The van der Waals surface area contributed by atoms with Crippen molar-refractivity contribution in [2.24, 2.45) is 5.92 Å². The fourth-order valence-electron chi connectivity index (χ4n) is 2.80. The molecule has 24 heavy (non-hydrogen) atoms. The van der Waals surface area contributed by atoms with E-state index in [4.69, 9.17) is 11.6 Å². The molecule has 8 heteroatoms. The topological polar surface area (TPSA) is 49.4 Å². The third kappa shape index (κ3) is 4.01. The summed E-state index contributed by atoms with van der Waals surface area (Å²) in [6.07, 6.45) is -3.55. The van der Waals surface area contributed by atoms with Gasteiger partial charge in [-0.1, -0.05) is 25.4 Å². The first-order valence-corrected chi connectivity index (χ1v) is 7.96. The van der Waals surface area contributed by atoms with E-state index in [2.05, 4.69) is 5.32 Å². The van der Waals surface area contributed by atoms with Crippen LogP contribution >= 0.6 is 11.6 Å². The molecular weight excluding hydrogens is 345 g/mol. The molecule has 0 radical (unpaired) electrons. The molecule has 1 atom stereocenters. The summed E-state index contributed by atoms with van der Waals surface area (Å²) in [6, 6.07) is 2.47. The van der Waals surface area contributed by atoms with E-state index >= 15 is 0 Å². The molecule has 2 amide bonds. The van der Waals surface area contributed by atoms with Crippen molar-refractivity contribution in [2.45, 2.75) is 38.9 Å². The highest BCUT2D eigenvalue weighted by atomic mass is 35.5. The second-order valence-electron chi connectivity index (χ2n) is 6.06. The van der Waals surface area contributed by atoms with E-state index in [9.17, 15) is 22.8 Å². The van der Waals surface area contributed by atoms with Crippen LogP contribution in [-0.4, -0.2) is 29.3 Å². The Balaban J connectivity index is 2.23. The van der Waals surface area contributed by atoms with E-state index in [1.54, 1.807) is 13.8 Å². The van der Waals surface area contributed by atoms with Crippen molar-refractivity contribution in [2.75, 3.05) is 11.9 Å². The number of nitrogens with zero attached hydrogens (tertiary/aromatic N) is 1. The third-order valence-electron chi connectivity index (χ3n) is 3.89. The number of halogens is 4. The lowest BCUT2D eigenvalue weighted by atomic mass is 10.0. The summed E-state index contributed by atoms with van der Waals surface area (Å²) in [5.41, 5.74) is -1.02. The maximum Gasteiger partial charge on any atom is 0.417 e. The van der Waals surface area contributed by atoms with Gasteiger partial charge in [-0.2, -0.15) is 13.2 Å². The molecule has 1 aliphatic heterocycles. The lowest BCUT2D eigenvalue weighted by molar-refractivity contribution is -0.137. The molecule has 0 bridgehead atoms. The summed E-state index contributed by atoms with van der Waals surface area (Å²) in [7, 11) is 0. The van der Waals surface area contributed by atoms with Crippen molar-refractivity contribution >= 4 is 29.1 Å². The SMILES string of the molecule is CC(C)C(C(=O)Nc1ccc(Cl)c(C(F)(F)F)c1)N1CCCC1=O. The van der Waals surface area contributed by atoms with E-state index < -0.39 is 28.7 Å². The van der Waals surface area contributed by atoms with Gasteiger partial charge in [0.2, 0.25) is 11.8 Å². The first-order valence-electron chi connectivity index (χ1n) is 7.58. The van der Waals surface area contributed by atoms with E-state index in [1.165, 1.54) is 11.0 Å². The Morgan fingerprint density at radius 3 is 2.50 bits per heavy atom. The largest absolute Gasteiger partial charge is 0.417 e. The molecule has 1 aromatic carbocycles. The molecule has 2 rings (SSSR count). The minimum absolute atomic E-state index is 0.00554. The number of hydrogen-bond acceptors (Lipinski definition) is 2. The first kappa shape index (κ1) is 18.6. The lowest BCUT2D eigenvalue weighted by Crippen LogP contribution is -2.48. The number of likely N-dealkylation sites (tertiary alicyclic amines) is 1. The monoisotopic (exact) mass is 362 g/mol. The molecule has 0 aliphatic carbocycles. The summed E-state index contributed by atoms with van der Waals surface area (Å²) in [6.45, 7) is 4.06. The van der Waals surface area contributed by atoms with Gasteiger partial charge in [-0.15, -0.1) is 0 Å². The van der Waals surface area contributed by atoms with Crippen LogP contribution < -0.4 is 5.32 Å². The second-order valence-corrected chi connectivity index (χ2v) is 6.47. The quantitative estimate of drug-likeness (QED) is 0.881. The molecule has 1 fully saturated rings. The van der Waals surface area contributed by atoms with Crippen molar-refractivity contribution in [1.29, 1.82) is 0 Å². The van der Waals surface area contributed by atoms with Crippen LogP contribution in [0.5, 0.6) is 0 Å². The normalized spacial score (nSPS) is 16.6. The number of rotatable bonds is 4. The molecule has 1 aromatic rings. The van der Waals surface area contributed by atoms with Crippen LogP contribution in [0.3, 0.4) is 0 Å². The third-order valence-corrected chi connectivity index (χ3v) is 4.21. The molecule has 132 valence electrons. The Hall–Kier alpha value is -1.76. The second kappa shape index (κ2) is 7.01. The lowest BCUT2D eigenvalue weighted by Gasteiger charge is -2.30. The molecule has 0 aromatic heterocycles. The molecule has 1 aliphatic rings. The first-order chi connectivity index (χ1) is 11.1. The van der Waals surface area contributed by atoms with Crippen LogP contribution in [0.15, 0.2) is 18.2 Å². The summed E-state index contributed by atoms with van der Waals surface area (Å²) in [5, 5.41) is 2.03. The highest BCUT2D eigenvalue weighted by Crippen LogP contribution is 2.36. The van der Waals surface area contributed by atoms with Crippen molar-refractivity contribution in [3.05, 3.63) is 28.8 Å². The summed E-state index contributed by atoms with van der Waals surface area (Å²) < 4.78 is 38.7. The fourth-order valence-corrected chi connectivity index (χ4v) is 3.03. The zero-order valence-electron chi connectivity index (χ0n) is 13.3.